The van der Waals surface area contributed by atoms with Crippen molar-refractivity contribution in [1.82, 2.24) is 9.55 Å². The molecule has 0 saturated carbocycles. The number of benzene rings is 3. The molecule has 6 nitrogen and oxygen atoms in total. The molecule has 0 amide bonds. The number of hydrogen-bond donors (Lipinski definition) is 1. The first-order chi connectivity index (χ1) is 16.0. The summed E-state index contributed by atoms with van der Waals surface area (Å²) >= 11 is 0. The van der Waals surface area contributed by atoms with Crippen LogP contribution in [0.4, 0.5) is 5.69 Å². The summed E-state index contributed by atoms with van der Waals surface area (Å²) in [7, 11) is 0. The molecular weight excluding hydrogens is 437 g/mol. The van der Waals surface area contributed by atoms with Gasteiger partial charge in [0, 0.05) is 42.2 Å². The molecular formula is C27H26N3NaO3. The number of hydrogen-bond acceptors (Lipinski definition) is 5. The number of rotatable bonds is 7. The zero-order valence-corrected chi connectivity index (χ0v) is 21.8. The topological polar surface area (TPSA) is 79.2 Å². The fourth-order valence-corrected chi connectivity index (χ4v) is 4.64. The number of nitrogens with one attached hydrogen (secondary N) is 1. The third kappa shape index (κ3) is 4.58. The minimum absolute atomic E-state index is 0. The van der Waals surface area contributed by atoms with Crippen molar-refractivity contribution < 1.29 is 44.2 Å². The summed E-state index contributed by atoms with van der Waals surface area (Å²) in [5.74, 6) is 0.599. The molecule has 4 aromatic rings. The second-order valence-corrected chi connectivity index (χ2v) is 8.46. The van der Waals surface area contributed by atoms with Crippen molar-refractivity contribution in [2.24, 2.45) is 0 Å². The Morgan fingerprint density at radius 1 is 1.18 bits per heavy atom. The zero-order valence-electron chi connectivity index (χ0n) is 19.8. The van der Waals surface area contributed by atoms with Crippen LogP contribution in [0.5, 0.6) is 5.75 Å². The predicted octanol–water partition coefficient (Wildman–Crippen LogP) is 1.13. The number of carbonyl (C=O) groups excluding carboxylic acids is 1. The van der Waals surface area contributed by atoms with Gasteiger partial charge in [0.05, 0.1) is 23.3 Å². The van der Waals surface area contributed by atoms with E-state index in [1.807, 2.05) is 30.3 Å². The van der Waals surface area contributed by atoms with E-state index in [-0.39, 0.29) is 41.9 Å². The number of aliphatic carboxylic acids is 1. The summed E-state index contributed by atoms with van der Waals surface area (Å²) in [5.41, 5.74) is 7.54. The summed E-state index contributed by atoms with van der Waals surface area (Å²) in [6.07, 6.45) is 0.832. The summed E-state index contributed by atoms with van der Waals surface area (Å²) < 4.78 is 7.98. The van der Waals surface area contributed by atoms with Gasteiger partial charge in [-0.15, -0.1) is 0 Å². The molecule has 1 aliphatic rings. The van der Waals surface area contributed by atoms with Crippen molar-refractivity contribution in [2.75, 3.05) is 11.9 Å². The number of fused-ring (bicyclic) bond motifs is 2. The van der Waals surface area contributed by atoms with Crippen LogP contribution in [0, 0.1) is 6.92 Å². The standard InChI is InChI=1S/C27H27N3O3.Na/c1-3-26-29-22-8-4-5-9-24(22)30(26)23-10-6-7-18(17(23)2)15-28-20-11-12-21-19(13-27(31)32)16-33-25(21)14-20;/h4-12,14,19,28H,3,13,15-16H2,1-2H3,(H,31,32);/q;+1/p-1/t19-;/m1./s1. The van der Waals surface area contributed by atoms with Gasteiger partial charge in [0.1, 0.15) is 11.6 Å². The van der Waals surface area contributed by atoms with E-state index in [0.29, 0.717) is 13.2 Å². The van der Waals surface area contributed by atoms with Crippen LogP contribution in [0.25, 0.3) is 16.7 Å². The third-order valence-electron chi connectivity index (χ3n) is 6.39. The maximum atomic E-state index is 11.0. The van der Waals surface area contributed by atoms with Gasteiger partial charge in [-0.05, 0) is 48.7 Å². The van der Waals surface area contributed by atoms with Gasteiger partial charge in [0.25, 0.3) is 0 Å². The summed E-state index contributed by atoms with van der Waals surface area (Å²) in [6.45, 7) is 5.32. The Morgan fingerprint density at radius 2 is 2.00 bits per heavy atom. The minimum Gasteiger partial charge on any atom is -0.550 e. The number of carboxylic acid groups (broad SMARTS) is 1. The van der Waals surface area contributed by atoms with E-state index in [9.17, 15) is 9.90 Å². The molecule has 5 rings (SSSR count). The van der Waals surface area contributed by atoms with Gasteiger partial charge in [-0.2, -0.15) is 0 Å². The Labute approximate surface area is 221 Å². The quantitative estimate of drug-likeness (QED) is 0.416. The van der Waals surface area contributed by atoms with Gasteiger partial charge in [-0.1, -0.05) is 37.3 Å². The molecule has 0 bridgehead atoms. The van der Waals surface area contributed by atoms with Crippen LogP contribution >= 0.6 is 0 Å². The van der Waals surface area contributed by atoms with E-state index in [1.54, 1.807) is 0 Å². The van der Waals surface area contributed by atoms with Gasteiger partial charge in [-0.3, -0.25) is 4.57 Å². The molecule has 0 spiro atoms. The first kappa shape index (κ1) is 24.3. The molecule has 3 aromatic carbocycles. The number of ether oxygens (including phenoxy) is 1. The second-order valence-electron chi connectivity index (χ2n) is 8.46. The molecule has 168 valence electrons. The first-order valence-electron chi connectivity index (χ1n) is 11.3. The number of aromatic nitrogens is 2. The largest absolute Gasteiger partial charge is 1.00 e. The molecule has 1 aliphatic heterocycles. The molecule has 0 aliphatic carbocycles. The molecule has 34 heavy (non-hydrogen) atoms. The molecule has 0 radical (unpaired) electrons. The molecule has 1 atom stereocenters. The Bertz CT molecular complexity index is 1350. The van der Waals surface area contributed by atoms with Crippen molar-refractivity contribution >= 4 is 22.7 Å². The van der Waals surface area contributed by atoms with Crippen molar-refractivity contribution in [3.05, 3.63) is 83.2 Å². The number of imidazole rings is 1. The Morgan fingerprint density at radius 3 is 2.79 bits per heavy atom. The SMILES string of the molecule is CCc1nc2ccccc2n1-c1cccc(CNc2ccc3c(c2)OC[C@H]3CC(=O)[O-])c1C.[Na+]. The smallest absolute Gasteiger partial charge is 0.550 e. The number of carboxylic acids is 1. The van der Waals surface area contributed by atoms with Gasteiger partial charge in [-0.25, -0.2) is 4.98 Å². The van der Waals surface area contributed by atoms with Crippen LogP contribution in [0.3, 0.4) is 0 Å². The molecule has 2 heterocycles. The fraction of sp³-hybridized carbons (Fsp3) is 0.259. The average molecular weight is 464 g/mol. The molecule has 0 unspecified atom stereocenters. The van der Waals surface area contributed by atoms with Gasteiger partial charge >= 0.3 is 29.6 Å². The Balaban J connectivity index is 0.00000274. The zero-order chi connectivity index (χ0) is 22.9. The first-order valence-corrected chi connectivity index (χ1v) is 11.3. The minimum atomic E-state index is -1.05. The van der Waals surface area contributed by atoms with E-state index >= 15 is 0 Å². The van der Waals surface area contributed by atoms with Crippen LogP contribution < -0.4 is 44.7 Å². The summed E-state index contributed by atoms with van der Waals surface area (Å²) in [4.78, 5) is 15.8. The van der Waals surface area contributed by atoms with Gasteiger partial charge in [0.2, 0.25) is 0 Å². The van der Waals surface area contributed by atoms with Crippen LogP contribution in [0.2, 0.25) is 0 Å². The Kier molecular flexibility index (Phi) is 7.31. The molecule has 0 fully saturated rings. The van der Waals surface area contributed by atoms with E-state index in [0.717, 1.165) is 46.0 Å². The van der Waals surface area contributed by atoms with Crippen molar-refractivity contribution in [1.29, 1.82) is 0 Å². The van der Waals surface area contributed by atoms with Crippen LogP contribution in [-0.4, -0.2) is 22.1 Å². The number of aryl methyl sites for hydroxylation is 1. The van der Waals surface area contributed by atoms with Gasteiger partial charge < -0.3 is 20.0 Å². The predicted molar refractivity (Wildman–Crippen MR) is 127 cm³/mol. The molecule has 0 saturated heterocycles. The van der Waals surface area contributed by atoms with Crippen LogP contribution in [0.1, 0.15) is 41.8 Å². The molecule has 1 N–H and O–H groups in total. The molecule has 7 heteroatoms. The maximum absolute atomic E-state index is 11.0. The third-order valence-corrected chi connectivity index (χ3v) is 6.39. The summed E-state index contributed by atoms with van der Waals surface area (Å²) in [6, 6.07) is 20.5. The number of carbonyl (C=O) groups is 1. The van der Waals surface area contributed by atoms with Gasteiger partial charge in [0.15, 0.2) is 0 Å². The number of para-hydroxylation sites is 2. The Hall–Kier alpha value is -2.80. The normalized spacial score (nSPS) is 14.4. The van der Waals surface area contributed by atoms with Crippen molar-refractivity contribution in [3.8, 4) is 11.4 Å². The summed E-state index contributed by atoms with van der Waals surface area (Å²) in [5, 5.41) is 14.5. The van der Waals surface area contributed by atoms with E-state index in [2.05, 4.69) is 54.1 Å². The van der Waals surface area contributed by atoms with E-state index in [4.69, 9.17) is 9.72 Å². The van der Waals surface area contributed by atoms with Crippen molar-refractivity contribution in [2.45, 2.75) is 39.2 Å². The number of nitrogens with zero attached hydrogens (tertiary/aromatic N) is 2. The maximum Gasteiger partial charge on any atom is 1.00 e. The van der Waals surface area contributed by atoms with Crippen molar-refractivity contribution in [3.63, 3.8) is 0 Å². The number of anilines is 1. The van der Waals surface area contributed by atoms with Crippen LogP contribution in [-0.2, 0) is 17.8 Å². The molecule has 1 aromatic heterocycles. The van der Waals surface area contributed by atoms with Crippen LogP contribution in [0.15, 0.2) is 60.7 Å². The fourth-order valence-electron chi connectivity index (χ4n) is 4.64. The average Bonchev–Trinajstić information content (AvgIpc) is 3.39. The monoisotopic (exact) mass is 463 g/mol. The van der Waals surface area contributed by atoms with E-state index < -0.39 is 5.97 Å². The van der Waals surface area contributed by atoms with E-state index in [1.165, 1.54) is 11.1 Å². The second kappa shape index (κ2) is 10.2.